The largest absolute Gasteiger partial charge is 0.416 e. The topological polar surface area (TPSA) is 75.1 Å². The molecule has 0 N–H and O–H groups in total. The number of halogens is 3. The average Bonchev–Trinajstić information content (AvgIpc) is 2.34. The molecule has 1 atom stereocenters. The van der Waals surface area contributed by atoms with Crippen molar-refractivity contribution in [1.29, 1.82) is 0 Å². The van der Waals surface area contributed by atoms with E-state index in [1.165, 1.54) is 19.1 Å². The smallest absolute Gasteiger partial charge is 0.358 e. The quantitative estimate of drug-likeness (QED) is 0.360. The summed E-state index contributed by atoms with van der Waals surface area (Å²) >= 11 is 0. The van der Waals surface area contributed by atoms with Gasteiger partial charge in [0.1, 0.15) is 5.28 Å². The summed E-state index contributed by atoms with van der Waals surface area (Å²) < 4.78 is 36.9. The van der Waals surface area contributed by atoms with Gasteiger partial charge in [-0.2, -0.15) is 13.2 Å². The minimum Gasteiger partial charge on any atom is -0.358 e. The normalized spacial score (nSPS) is 12.4. The van der Waals surface area contributed by atoms with Gasteiger partial charge in [-0.3, -0.25) is 4.79 Å². The van der Waals surface area contributed by atoms with Crippen LogP contribution in [0.15, 0.2) is 29.5 Å². The van der Waals surface area contributed by atoms with Gasteiger partial charge in [0.05, 0.1) is 11.5 Å². The van der Waals surface area contributed by atoms with Crippen LogP contribution in [0.25, 0.3) is 10.4 Å². The summed E-state index contributed by atoms with van der Waals surface area (Å²) in [5.41, 5.74) is 7.48. The predicted octanol–water partition coefficient (Wildman–Crippen LogP) is 3.58. The standard InChI is InChI=1S/C10H8F3N3O2/c1-6(9(17)18-16-15-14)7-2-4-8(5-3-7)10(11,12)13/h2-6H,1H3. The van der Waals surface area contributed by atoms with E-state index >= 15 is 0 Å². The molecule has 0 aliphatic rings. The lowest BCUT2D eigenvalue weighted by atomic mass is 10.00. The maximum Gasteiger partial charge on any atom is 0.416 e. The van der Waals surface area contributed by atoms with E-state index in [1.54, 1.807) is 0 Å². The zero-order valence-electron chi connectivity index (χ0n) is 9.18. The first kappa shape index (κ1) is 13.9. The number of carbonyl (C=O) groups excluding carboxylic acids is 1. The van der Waals surface area contributed by atoms with Gasteiger partial charge in [0.2, 0.25) is 0 Å². The number of rotatable bonds is 3. The van der Waals surface area contributed by atoms with E-state index in [0.717, 1.165) is 12.1 Å². The summed E-state index contributed by atoms with van der Waals surface area (Å²) in [5.74, 6) is -1.66. The van der Waals surface area contributed by atoms with Crippen molar-refractivity contribution < 1.29 is 22.8 Å². The minimum atomic E-state index is -4.42. The molecule has 0 saturated carbocycles. The number of alkyl halides is 3. The number of nitrogens with zero attached hydrogens (tertiary/aromatic N) is 3. The van der Waals surface area contributed by atoms with E-state index in [1.807, 2.05) is 0 Å². The van der Waals surface area contributed by atoms with Gasteiger partial charge in [0.25, 0.3) is 0 Å². The van der Waals surface area contributed by atoms with Crippen molar-refractivity contribution >= 4 is 5.97 Å². The summed E-state index contributed by atoms with van der Waals surface area (Å²) in [4.78, 5) is 17.7. The van der Waals surface area contributed by atoms with Crippen LogP contribution in [0.3, 0.4) is 0 Å². The minimum absolute atomic E-state index is 0.334. The van der Waals surface area contributed by atoms with Crippen LogP contribution >= 0.6 is 0 Å². The summed E-state index contributed by atoms with van der Waals surface area (Å²) in [6, 6.07) is 4.08. The maximum atomic E-state index is 12.3. The molecule has 1 unspecified atom stereocenters. The number of carbonyl (C=O) groups is 1. The third-order valence-electron chi connectivity index (χ3n) is 2.26. The second kappa shape index (κ2) is 5.42. The molecular weight excluding hydrogens is 251 g/mol. The lowest BCUT2D eigenvalue weighted by Gasteiger charge is -2.10. The molecule has 18 heavy (non-hydrogen) atoms. The maximum absolute atomic E-state index is 12.3. The van der Waals surface area contributed by atoms with Crippen LogP contribution < -0.4 is 0 Å². The molecule has 0 aromatic heterocycles. The van der Waals surface area contributed by atoms with Crippen LogP contribution in [0.4, 0.5) is 13.2 Å². The van der Waals surface area contributed by atoms with Gasteiger partial charge >= 0.3 is 12.1 Å². The lowest BCUT2D eigenvalue weighted by Crippen LogP contribution is -2.11. The van der Waals surface area contributed by atoms with Gasteiger partial charge < -0.3 is 4.84 Å². The molecule has 1 rings (SSSR count). The van der Waals surface area contributed by atoms with Gasteiger partial charge in [0.15, 0.2) is 0 Å². The van der Waals surface area contributed by atoms with Gasteiger partial charge in [-0.1, -0.05) is 12.1 Å². The Morgan fingerprint density at radius 3 is 2.39 bits per heavy atom. The Morgan fingerprint density at radius 1 is 1.39 bits per heavy atom. The number of hydrogen-bond donors (Lipinski definition) is 0. The van der Waals surface area contributed by atoms with Crippen LogP contribution in [0.5, 0.6) is 0 Å². The highest BCUT2D eigenvalue weighted by Gasteiger charge is 2.30. The van der Waals surface area contributed by atoms with E-state index in [2.05, 4.69) is 15.0 Å². The molecule has 0 spiro atoms. The second-order valence-corrected chi connectivity index (χ2v) is 3.42. The Hall–Kier alpha value is -2.21. The summed E-state index contributed by atoms with van der Waals surface area (Å²) in [6.07, 6.45) is -4.42. The fourth-order valence-corrected chi connectivity index (χ4v) is 1.23. The Morgan fingerprint density at radius 2 is 1.94 bits per heavy atom. The molecule has 0 fully saturated rings. The fourth-order valence-electron chi connectivity index (χ4n) is 1.23. The van der Waals surface area contributed by atoms with Crippen LogP contribution in [-0.2, 0) is 15.8 Å². The van der Waals surface area contributed by atoms with Crippen molar-refractivity contribution in [3.8, 4) is 0 Å². The molecule has 1 aromatic carbocycles. The van der Waals surface area contributed by atoms with Gasteiger partial charge in [-0.15, -0.1) is 0 Å². The zero-order chi connectivity index (χ0) is 13.8. The van der Waals surface area contributed by atoms with Gasteiger partial charge in [-0.05, 0) is 30.2 Å². The summed E-state index contributed by atoms with van der Waals surface area (Å²) in [7, 11) is 0. The molecule has 0 aliphatic heterocycles. The van der Waals surface area contributed by atoms with Crippen molar-refractivity contribution in [3.05, 3.63) is 45.8 Å². The Balaban J connectivity index is 2.85. The van der Waals surface area contributed by atoms with Gasteiger partial charge in [-0.25, -0.2) is 0 Å². The molecular formula is C10H8F3N3O2. The molecule has 1 aromatic rings. The third kappa shape index (κ3) is 3.39. The van der Waals surface area contributed by atoms with Crippen molar-refractivity contribution in [2.24, 2.45) is 5.28 Å². The van der Waals surface area contributed by atoms with E-state index in [9.17, 15) is 18.0 Å². The second-order valence-electron chi connectivity index (χ2n) is 3.42. The third-order valence-corrected chi connectivity index (χ3v) is 2.26. The van der Waals surface area contributed by atoms with E-state index < -0.39 is 23.6 Å². The van der Waals surface area contributed by atoms with Crippen molar-refractivity contribution in [3.63, 3.8) is 0 Å². The molecule has 96 valence electrons. The number of benzene rings is 1. The Bertz CT molecular complexity index is 478. The van der Waals surface area contributed by atoms with Crippen LogP contribution in [0.2, 0.25) is 0 Å². The lowest BCUT2D eigenvalue weighted by molar-refractivity contribution is -0.145. The first-order valence-corrected chi connectivity index (χ1v) is 4.78. The zero-order valence-corrected chi connectivity index (χ0v) is 9.18. The average molecular weight is 259 g/mol. The molecule has 0 bridgehead atoms. The highest BCUT2D eigenvalue weighted by molar-refractivity contribution is 5.77. The van der Waals surface area contributed by atoms with Crippen molar-refractivity contribution in [1.82, 2.24) is 0 Å². The van der Waals surface area contributed by atoms with E-state index in [0.29, 0.717) is 5.56 Å². The highest BCUT2D eigenvalue weighted by Crippen LogP contribution is 2.30. The molecule has 5 nitrogen and oxygen atoms in total. The molecule has 0 radical (unpaired) electrons. The summed E-state index contributed by atoms with van der Waals surface area (Å²) in [5, 5.41) is 2.63. The van der Waals surface area contributed by atoms with E-state index in [4.69, 9.17) is 5.53 Å². The van der Waals surface area contributed by atoms with Crippen LogP contribution in [0, 0.1) is 0 Å². The molecule has 0 saturated heterocycles. The monoisotopic (exact) mass is 259 g/mol. The molecule has 0 heterocycles. The first-order chi connectivity index (χ1) is 8.36. The van der Waals surface area contributed by atoms with Gasteiger partial charge in [0, 0.05) is 4.91 Å². The number of azide groups is 1. The Labute approximate surface area is 99.8 Å². The highest BCUT2D eigenvalue weighted by atomic mass is 19.4. The fraction of sp³-hybridized carbons (Fsp3) is 0.300. The SMILES string of the molecule is CC(C(=O)ON=[N+]=[N-])c1ccc(C(F)(F)F)cc1. The van der Waals surface area contributed by atoms with E-state index in [-0.39, 0.29) is 0 Å². The van der Waals surface area contributed by atoms with Crippen molar-refractivity contribution in [2.45, 2.75) is 19.0 Å². The van der Waals surface area contributed by atoms with Crippen LogP contribution in [-0.4, -0.2) is 5.97 Å². The number of hydrogen-bond acceptors (Lipinski definition) is 3. The molecule has 0 aliphatic carbocycles. The van der Waals surface area contributed by atoms with Crippen LogP contribution in [0.1, 0.15) is 24.0 Å². The first-order valence-electron chi connectivity index (χ1n) is 4.78. The Kier molecular flexibility index (Phi) is 4.17. The summed E-state index contributed by atoms with van der Waals surface area (Å²) in [6.45, 7) is 1.43. The van der Waals surface area contributed by atoms with Crippen molar-refractivity contribution in [2.75, 3.05) is 0 Å². The molecule has 8 heteroatoms. The molecule has 0 amide bonds. The predicted molar refractivity (Wildman–Crippen MR) is 55.1 cm³/mol.